The second kappa shape index (κ2) is 5.71. The summed E-state index contributed by atoms with van der Waals surface area (Å²) in [5.41, 5.74) is 0.348. The van der Waals surface area contributed by atoms with E-state index >= 15 is 0 Å². The van der Waals surface area contributed by atoms with Gasteiger partial charge in [0.1, 0.15) is 0 Å². The Bertz CT molecular complexity index is 513. The fourth-order valence-corrected chi connectivity index (χ4v) is 2.90. The number of thiophene rings is 1. The van der Waals surface area contributed by atoms with E-state index in [2.05, 4.69) is 21.2 Å². The number of benzene rings is 1. The standard InChI is InChI=1S/C12H10BrF2NS/c13-11-5-4-9(17-11)7-16-6-8-2-1-3-10(14)12(8)15/h1-5,16H,6-7H2. The first kappa shape index (κ1) is 12.7. The molecule has 2 aromatic rings. The van der Waals surface area contributed by atoms with Gasteiger partial charge in [0.15, 0.2) is 11.6 Å². The Balaban J connectivity index is 1.92. The summed E-state index contributed by atoms with van der Waals surface area (Å²) in [4.78, 5) is 1.15. The molecule has 0 aliphatic heterocycles. The van der Waals surface area contributed by atoms with Crippen LogP contribution >= 0.6 is 27.3 Å². The predicted octanol–water partition coefficient (Wildman–Crippen LogP) is 4.08. The molecule has 90 valence electrons. The van der Waals surface area contributed by atoms with Gasteiger partial charge in [-0.25, -0.2) is 8.78 Å². The van der Waals surface area contributed by atoms with Gasteiger partial charge in [0.25, 0.3) is 0 Å². The molecule has 0 amide bonds. The quantitative estimate of drug-likeness (QED) is 0.896. The molecule has 0 radical (unpaired) electrons. The molecule has 0 aliphatic rings. The van der Waals surface area contributed by atoms with Crippen LogP contribution in [0, 0.1) is 11.6 Å². The Morgan fingerprint density at radius 1 is 1.12 bits per heavy atom. The van der Waals surface area contributed by atoms with Crippen LogP contribution in [-0.4, -0.2) is 0 Å². The minimum atomic E-state index is -0.803. The van der Waals surface area contributed by atoms with Gasteiger partial charge < -0.3 is 5.32 Å². The molecule has 17 heavy (non-hydrogen) atoms. The summed E-state index contributed by atoms with van der Waals surface area (Å²) in [5, 5.41) is 3.08. The van der Waals surface area contributed by atoms with Gasteiger partial charge in [-0.3, -0.25) is 0 Å². The first-order chi connectivity index (χ1) is 8.16. The van der Waals surface area contributed by atoms with E-state index in [9.17, 15) is 8.78 Å². The molecular formula is C12H10BrF2NS. The Hall–Kier alpha value is -0.780. The van der Waals surface area contributed by atoms with Crippen LogP contribution in [0.2, 0.25) is 0 Å². The molecule has 1 aromatic carbocycles. The van der Waals surface area contributed by atoms with Gasteiger partial charge in [-0.1, -0.05) is 12.1 Å². The smallest absolute Gasteiger partial charge is 0.163 e. The van der Waals surface area contributed by atoms with Crippen LogP contribution in [0.1, 0.15) is 10.4 Å². The number of rotatable bonds is 4. The molecular weight excluding hydrogens is 308 g/mol. The Morgan fingerprint density at radius 3 is 2.65 bits per heavy atom. The summed E-state index contributed by atoms with van der Waals surface area (Å²) in [6, 6.07) is 8.16. The monoisotopic (exact) mass is 317 g/mol. The van der Waals surface area contributed by atoms with Gasteiger partial charge in [-0.15, -0.1) is 11.3 Å². The van der Waals surface area contributed by atoms with E-state index in [4.69, 9.17) is 0 Å². The molecule has 1 aromatic heterocycles. The lowest BCUT2D eigenvalue weighted by Gasteiger charge is -2.05. The SMILES string of the molecule is Fc1cccc(CNCc2ccc(Br)s2)c1F. The number of nitrogens with one attached hydrogen (secondary N) is 1. The van der Waals surface area contributed by atoms with Crippen molar-refractivity contribution in [3.8, 4) is 0 Å². The zero-order chi connectivity index (χ0) is 12.3. The number of halogens is 3. The Morgan fingerprint density at radius 2 is 1.94 bits per heavy atom. The van der Waals surface area contributed by atoms with Crippen molar-refractivity contribution in [2.24, 2.45) is 0 Å². The molecule has 0 fully saturated rings. The van der Waals surface area contributed by atoms with Gasteiger partial charge in [0.05, 0.1) is 3.79 Å². The molecule has 0 unspecified atom stereocenters. The molecule has 1 N–H and O–H groups in total. The summed E-state index contributed by atoms with van der Waals surface area (Å²) in [6.07, 6.45) is 0. The zero-order valence-corrected chi connectivity index (χ0v) is 11.2. The molecule has 0 atom stereocenters. The fraction of sp³-hybridized carbons (Fsp3) is 0.167. The van der Waals surface area contributed by atoms with Gasteiger partial charge in [-0.2, -0.15) is 0 Å². The van der Waals surface area contributed by atoms with Crippen LogP contribution in [0.4, 0.5) is 8.78 Å². The first-order valence-electron chi connectivity index (χ1n) is 5.04. The van der Waals surface area contributed by atoms with E-state index in [1.165, 1.54) is 6.07 Å². The van der Waals surface area contributed by atoms with Crippen LogP contribution in [-0.2, 0) is 13.1 Å². The number of hydrogen-bond donors (Lipinski definition) is 1. The highest BCUT2D eigenvalue weighted by Crippen LogP contribution is 2.21. The highest BCUT2D eigenvalue weighted by molar-refractivity contribution is 9.11. The molecule has 0 spiro atoms. The minimum absolute atomic E-state index is 0.319. The lowest BCUT2D eigenvalue weighted by atomic mass is 10.2. The molecule has 5 heteroatoms. The van der Waals surface area contributed by atoms with Crippen LogP contribution in [0.25, 0.3) is 0 Å². The Kier molecular flexibility index (Phi) is 4.25. The van der Waals surface area contributed by atoms with Crippen molar-refractivity contribution in [2.75, 3.05) is 0 Å². The van der Waals surface area contributed by atoms with Crippen molar-refractivity contribution >= 4 is 27.3 Å². The molecule has 0 bridgehead atoms. The lowest BCUT2D eigenvalue weighted by Crippen LogP contribution is -2.13. The van der Waals surface area contributed by atoms with Crippen molar-refractivity contribution in [3.63, 3.8) is 0 Å². The van der Waals surface area contributed by atoms with Crippen molar-refractivity contribution < 1.29 is 8.78 Å². The van der Waals surface area contributed by atoms with Gasteiger partial charge in [-0.05, 0) is 34.1 Å². The summed E-state index contributed by atoms with van der Waals surface area (Å²) >= 11 is 4.99. The largest absolute Gasteiger partial charge is 0.308 e. The predicted molar refractivity (Wildman–Crippen MR) is 68.9 cm³/mol. The van der Waals surface area contributed by atoms with Crippen LogP contribution < -0.4 is 5.32 Å². The van der Waals surface area contributed by atoms with Crippen molar-refractivity contribution in [1.82, 2.24) is 5.32 Å². The summed E-state index contributed by atoms with van der Waals surface area (Å²) < 4.78 is 27.3. The van der Waals surface area contributed by atoms with E-state index in [0.29, 0.717) is 18.7 Å². The molecule has 2 rings (SSSR count). The van der Waals surface area contributed by atoms with Crippen molar-refractivity contribution in [2.45, 2.75) is 13.1 Å². The topological polar surface area (TPSA) is 12.0 Å². The van der Waals surface area contributed by atoms with E-state index < -0.39 is 11.6 Å². The second-order valence-corrected chi connectivity index (χ2v) is 6.07. The molecule has 1 heterocycles. The van der Waals surface area contributed by atoms with Crippen molar-refractivity contribution in [1.29, 1.82) is 0 Å². The van der Waals surface area contributed by atoms with Crippen LogP contribution in [0.15, 0.2) is 34.1 Å². The Labute approximate surface area is 111 Å². The van der Waals surface area contributed by atoms with Crippen LogP contribution in [0.5, 0.6) is 0 Å². The van der Waals surface area contributed by atoms with E-state index in [-0.39, 0.29) is 0 Å². The second-order valence-electron chi connectivity index (χ2n) is 3.52. The molecule has 0 aliphatic carbocycles. The zero-order valence-electron chi connectivity index (χ0n) is 8.84. The molecule has 0 saturated heterocycles. The van der Waals surface area contributed by atoms with Gasteiger partial charge in [0, 0.05) is 23.5 Å². The van der Waals surface area contributed by atoms with Gasteiger partial charge >= 0.3 is 0 Å². The summed E-state index contributed by atoms with van der Waals surface area (Å²) in [7, 11) is 0. The molecule has 0 saturated carbocycles. The average molecular weight is 318 g/mol. The third-order valence-corrected chi connectivity index (χ3v) is 3.90. The minimum Gasteiger partial charge on any atom is -0.308 e. The maximum absolute atomic E-state index is 13.3. The highest BCUT2D eigenvalue weighted by atomic mass is 79.9. The average Bonchev–Trinajstić information content (AvgIpc) is 2.70. The third-order valence-electron chi connectivity index (χ3n) is 2.28. The third kappa shape index (κ3) is 3.34. The van der Waals surface area contributed by atoms with Gasteiger partial charge in [0.2, 0.25) is 0 Å². The fourth-order valence-electron chi connectivity index (χ4n) is 1.45. The highest BCUT2D eigenvalue weighted by Gasteiger charge is 2.06. The maximum Gasteiger partial charge on any atom is 0.163 e. The van der Waals surface area contributed by atoms with Crippen molar-refractivity contribution in [3.05, 3.63) is 56.2 Å². The van der Waals surface area contributed by atoms with E-state index in [1.54, 1.807) is 17.4 Å². The maximum atomic E-state index is 13.3. The molecule has 1 nitrogen and oxygen atoms in total. The summed E-state index contributed by atoms with van der Waals surface area (Å²) in [6.45, 7) is 0.964. The summed E-state index contributed by atoms with van der Waals surface area (Å²) in [5.74, 6) is -1.57. The first-order valence-corrected chi connectivity index (χ1v) is 6.65. The number of hydrogen-bond acceptors (Lipinski definition) is 2. The van der Waals surface area contributed by atoms with Crippen LogP contribution in [0.3, 0.4) is 0 Å². The van der Waals surface area contributed by atoms with E-state index in [1.807, 2.05) is 12.1 Å². The normalized spacial score (nSPS) is 10.8. The van der Waals surface area contributed by atoms with E-state index in [0.717, 1.165) is 14.7 Å². The lowest BCUT2D eigenvalue weighted by molar-refractivity contribution is 0.493.